The van der Waals surface area contributed by atoms with E-state index in [1.807, 2.05) is 18.2 Å². The van der Waals surface area contributed by atoms with Crippen LogP contribution in [-0.2, 0) is 11.3 Å². The molecule has 100 valence electrons. The molecule has 0 aromatic heterocycles. The van der Waals surface area contributed by atoms with Gasteiger partial charge in [0.2, 0.25) is 0 Å². The summed E-state index contributed by atoms with van der Waals surface area (Å²) >= 11 is 9.37. The first kappa shape index (κ1) is 14.3. The predicted octanol–water partition coefficient (Wildman–Crippen LogP) is 2.73. The summed E-state index contributed by atoms with van der Waals surface area (Å²) in [4.78, 5) is 0. The zero-order valence-corrected chi connectivity index (χ0v) is 12.4. The van der Waals surface area contributed by atoms with Gasteiger partial charge in [0.05, 0.1) is 11.6 Å². The molecule has 1 fully saturated rings. The molecule has 2 N–H and O–H groups in total. The quantitative estimate of drug-likeness (QED) is 0.889. The molecule has 0 saturated carbocycles. The molecule has 2 rings (SSSR count). The highest BCUT2D eigenvalue weighted by Crippen LogP contribution is 2.24. The molecule has 0 radical (unpaired) electrons. The summed E-state index contributed by atoms with van der Waals surface area (Å²) < 4.78 is 6.23. The maximum absolute atomic E-state index is 9.57. The number of aliphatic hydroxyl groups is 1. The van der Waals surface area contributed by atoms with E-state index in [0.717, 1.165) is 29.4 Å². The molecule has 1 heterocycles. The van der Waals surface area contributed by atoms with Crippen LogP contribution < -0.4 is 5.32 Å². The van der Waals surface area contributed by atoms with Crippen molar-refractivity contribution < 1.29 is 9.84 Å². The van der Waals surface area contributed by atoms with E-state index in [1.165, 1.54) is 0 Å². The van der Waals surface area contributed by atoms with Gasteiger partial charge in [-0.25, -0.2) is 0 Å². The van der Waals surface area contributed by atoms with Crippen molar-refractivity contribution in [3.63, 3.8) is 0 Å². The highest BCUT2D eigenvalue weighted by atomic mass is 79.9. The number of benzene rings is 1. The fourth-order valence-electron chi connectivity index (χ4n) is 2.09. The van der Waals surface area contributed by atoms with Crippen LogP contribution in [0, 0.1) is 0 Å². The third-order valence-electron chi connectivity index (χ3n) is 3.40. The molecule has 0 spiro atoms. The maximum Gasteiger partial charge on any atom is 0.0615 e. The van der Waals surface area contributed by atoms with E-state index >= 15 is 0 Å². The molecule has 1 aliphatic heterocycles. The van der Waals surface area contributed by atoms with Crippen molar-refractivity contribution in [1.82, 2.24) is 5.32 Å². The van der Waals surface area contributed by atoms with Crippen molar-refractivity contribution in [2.75, 3.05) is 19.8 Å². The molecule has 5 heteroatoms. The van der Waals surface area contributed by atoms with Crippen LogP contribution in [0.3, 0.4) is 0 Å². The third-order valence-corrected chi connectivity index (χ3v) is 4.62. The molecule has 1 aromatic carbocycles. The number of hydrogen-bond acceptors (Lipinski definition) is 3. The molecule has 18 heavy (non-hydrogen) atoms. The summed E-state index contributed by atoms with van der Waals surface area (Å²) in [5, 5.41) is 13.7. The fraction of sp³-hybridized carbons (Fsp3) is 0.538. The average Bonchev–Trinajstić information content (AvgIpc) is 2.41. The van der Waals surface area contributed by atoms with Crippen LogP contribution in [-0.4, -0.2) is 30.5 Å². The Morgan fingerprint density at radius 3 is 2.72 bits per heavy atom. The number of rotatable bonds is 4. The molecule has 1 aromatic rings. The Balaban J connectivity index is 1.98. The van der Waals surface area contributed by atoms with E-state index in [1.54, 1.807) is 0 Å². The Hall–Kier alpha value is -0.130. The zero-order valence-electron chi connectivity index (χ0n) is 10.1. The van der Waals surface area contributed by atoms with Gasteiger partial charge in [0, 0.05) is 29.8 Å². The van der Waals surface area contributed by atoms with Crippen molar-refractivity contribution in [3.05, 3.63) is 33.3 Å². The molecule has 0 atom stereocenters. The van der Waals surface area contributed by atoms with Gasteiger partial charge in [0.15, 0.2) is 0 Å². The summed E-state index contributed by atoms with van der Waals surface area (Å²) in [6.07, 6.45) is 1.69. The molecular weight excluding hydrogens is 318 g/mol. The van der Waals surface area contributed by atoms with Crippen LogP contribution in [0.25, 0.3) is 0 Å². The lowest BCUT2D eigenvalue weighted by Gasteiger charge is -2.36. The van der Waals surface area contributed by atoms with Gasteiger partial charge in [-0.05, 0) is 46.5 Å². The third kappa shape index (κ3) is 3.45. The van der Waals surface area contributed by atoms with E-state index in [4.69, 9.17) is 16.3 Å². The van der Waals surface area contributed by atoms with Crippen LogP contribution in [0.4, 0.5) is 0 Å². The molecule has 0 unspecified atom stereocenters. The van der Waals surface area contributed by atoms with Gasteiger partial charge in [-0.15, -0.1) is 0 Å². The largest absolute Gasteiger partial charge is 0.394 e. The highest BCUT2D eigenvalue weighted by molar-refractivity contribution is 9.10. The normalized spacial score (nSPS) is 18.8. The van der Waals surface area contributed by atoms with Crippen LogP contribution in [0.2, 0.25) is 5.02 Å². The van der Waals surface area contributed by atoms with Gasteiger partial charge in [0.1, 0.15) is 0 Å². The van der Waals surface area contributed by atoms with E-state index in [-0.39, 0.29) is 12.1 Å². The summed E-state index contributed by atoms with van der Waals surface area (Å²) in [7, 11) is 0. The van der Waals surface area contributed by atoms with Crippen LogP contribution >= 0.6 is 27.5 Å². The summed E-state index contributed by atoms with van der Waals surface area (Å²) in [5.41, 5.74) is 0.940. The van der Waals surface area contributed by atoms with Crippen molar-refractivity contribution in [3.8, 4) is 0 Å². The standard InChI is InChI=1S/C13H17BrClNO2/c14-11-7-10(1-2-12(11)15)8-16-13(9-17)3-5-18-6-4-13/h1-2,7,16-17H,3-6,8-9H2. The number of aliphatic hydroxyl groups excluding tert-OH is 1. The lowest BCUT2D eigenvalue weighted by atomic mass is 9.91. The Labute approximate surface area is 121 Å². The predicted molar refractivity (Wildman–Crippen MR) is 75.9 cm³/mol. The van der Waals surface area contributed by atoms with Crippen molar-refractivity contribution in [2.24, 2.45) is 0 Å². The van der Waals surface area contributed by atoms with E-state index in [2.05, 4.69) is 21.2 Å². The van der Waals surface area contributed by atoms with Gasteiger partial charge in [-0.2, -0.15) is 0 Å². The second-order valence-electron chi connectivity index (χ2n) is 4.65. The monoisotopic (exact) mass is 333 g/mol. The van der Waals surface area contributed by atoms with E-state index < -0.39 is 0 Å². The van der Waals surface area contributed by atoms with Gasteiger partial charge >= 0.3 is 0 Å². The van der Waals surface area contributed by atoms with Gasteiger partial charge in [-0.1, -0.05) is 17.7 Å². The van der Waals surface area contributed by atoms with Crippen molar-refractivity contribution >= 4 is 27.5 Å². The SMILES string of the molecule is OCC1(NCc2ccc(Cl)c(Br)c2)CCOCC1. The lowest BCUT2D eigenvalue weighted by Crippen LogP contribution is -2.51. The Morgan fingerprint density at radius 1 is 1.39 bits per heavy atom. The number of nitrogens with one attached hydrogen (secondary N) is 1. The zero-order chi connectivity index (χ0) is 13.0. The first-order chi connectivity index (χ1) is 8.65. The minimum Gasteiger partial charge on any atom is -0.394 e. The van der Waals surface area contributed by atoms with Crippen LogP contribution in [0.15, 0.2) is 22.7 Å². The van der Waals surface area contributed by atoms with Crippen molar-refractivity contribution in [2.45, 2.75) is 24.9 Å². The second-order valence-corrected chi connectivity index (χ2v) is 5.91. The molecular formula is C13H17BrClNO2. The molecule has 0 bridgehead atoms. The minimum atomic E-state index is -0.204. The van der Waals surface area contributed by atoms with Gasteiger partial charge < -0.3 is 15.2 Å². The summed E-state index contributed by atoms with van der Waals surface area (Å²) in [5.74, 6) is 0. The van der Waals surface area contributed by atoms with Gasteiger partial charge in [-0.3, -0.25) is 0 Å². The Kier molecular flexibility index (Phi) is 5.04. The van der Waals surface area contributed by atoms with E-state index in [0.29, 0.717) is 18.2 Å². The molecule has 3 nitrogen and oxygen atoms in total. The van der Waals surface area contributed by atoms with Crippen LogP contribution in [0.5, 0.6) is 0 Å². The first-order valence-corrected chi connectivity index (χ1v) is 7.20. The number of ether oxygens (including phenoxy) is 1. The Morgan fingerprint density at radius 2 is 2.11 bits per heavy atom. The molecule has 0 amide bonds. The van der Waals surface area contributed by atoms with E-state index in [9.17, 15) is 5.11 Å². The molecule has 1 aliphatic rings. The second kappa shape index (κ2) is 6.35. The molecule has 1 saturated heterocycles. The highest BCUT2D eigenvalue weighted by Gasteiger charge is 2.31. The van der Waals surface area contributed by atoms with Crippen LogP contribution in [0.1, 0.15) is 18.4 Å². The molecule has 0 aliphatic carbocycles. The summed E-state index contributed by atoms with van der Waals surface area (Å²) in [6, 6.07) is 5.86. The fourth-order valence-corrected chi connectivity index (χ4v) is 2.64. The lowest BCUT2D eigenvalue weighted by molar-refractivity contribution is 0.0112. The topological polar surface area (TPSA) is 41.5 Å². The number of hydrogen-bond donors (Lipinski definition) is 2. The van der Waals surface area contributed by atoms with Crippen molar-refractivity contribution in [1.29, 1.82) is 0 Å². The summed E-state index contributed by atoms with van der Waals surface area (Å²) in [6.45, 7) is 2.27. The minimum absolute atomic E-state index is 0.144. The first-order valence-electron chi connectivity index (χ1n) is 6.03. The Bertz CT molecular complexity index is 408. The maximum atomic E-state index is 9.57. The van der Waals surface area contributed by atoms with Gasteiger partial charge in [0.25, 0.3) is 0 Å². The smallest absolute Gasteiger partial charge is 0.0615 e. The number of halogens is 2. The average molecular weight is 335 g/mol.